The third kappa shape index (κ3) is 1.52. The van der Waals surface area contributed by atoms with Gasteiger partial charge in [0.05, 0.1) is 7.11 Å². The van der Waals surface area contributed by atoms with Crippen molar-refractivity contribution in [3.8, 4) is 0 Å². The molecule has 2 fully saturated rings. The Bertz CT molecular complexity index is 290. The predicted molar refractivity (Wildman–Crippen MR) is 54.1 cm³/mol. The summed E-state index contributed by atoms with van der Waals surface area (Å²) < 4.78 is 4.79. The molecular weight excluding hydrogens is 194 g/mol. The van der Waals surface area contributed by atoms with Crippen LogP contribution in [0.15, 0.2) is 0 Å². The van der Waals surface area contributed by atoms with Crippen molar-refractivity contribution in [2.24, 2.45) is 5.41 Å². The first-order valence-corrected chi connectivity index (χ1v) is 5.58. The molecule has 2 heterocycles. The van der Waals surface area contributed by atoms with Crippen LogP contribution in [-0.4, -0.2) is 37.0 Å². The minimum Gasteiger partial charge on any atom is -0.468 e. The smallest absolute Gasteiger partial charge is 0.321 e. The van der Waals surface area contributed by atoms with Crippen LogP contribution in [-0.2, 0) is 14.3 Å². The van der Waals surface area contributed by atoms with Crippen LogP contribution in [0.25, 0.3) is 0 Å². The van der Waals surface area contributed by atoms with Gasteiger partial charge in [-0.25, -0.2) is 0 Å². The summed E-state index contributed by atoms with van der Waals surface area (Å²) in [5.41, 5.74) is -0.838. The van der Waals surface area contributed by atoms with Gasteiger partial charge in [0.2, 0.25) is 5.91 Å². The molecule has 0 aromatic carbocycles. The zero-order valence-corrected chi connectivity index (χ0v) is 9.12. The summed E-state index contributed by atoms with van der Waals surface area (Å²) in [6.45, 7) is 1.52. The minimum absolute atomic E-state index is 0.00551. The molecule has 0 unspecified atom stereocenters. The van der Waals surface area contributed by atoms with E-state index in [1.54, 1.807) is 0 Å². The molecular formula is C11H17NO3. The van der Waals surface area contributed by atoms with E-state index < -0.39 is 5.41 Å². The van der Waals surface area contributed by atoms with Crippen molar-refractivity contribution in [2.45, 2.75) is 32.1 Å². The molecule has 0 aromatic heterocycles. The molecule has 4 nitrogen and oxygen atoms in total. The Hall–Kier alpha value is -1.06. The van der Waals surface area contributed by atoms with Crippen LogP contribution in [0, 0.1) is 5.41 Å². The molecule has 2 aliphatic heterocycles. The Balaban J connectivity index is 2.27. The van der Waals surface area contributed by atoms with Crippen LogP contribution in [0.3, 0.4) is 0 Å². The number of carbonyl (C=O) groups is 2. The maximum Gasteiger partial charge on any atom is 0.321 e. The van der Waals surface area contributed by atoms with Gasteiger partial charge in [-0.05, 0) is 19.3 Å². The first-order chi connectivity index (χ1) is 7.20. The molecule has 0 N–H and O–H groups in total. The highest BCUT2D eigenvalue weighted by Crippen LogP contribution is 2.39. The lowest BCUT2D eigenvalue weighted by molar-refractivity contribution is -0.160. The molecule has 1 amide bonds. The lowest BCUT2D eigenvalue weighted by Gasteiger charge is -2.27. The van der Waals surface area contributed by atoms with E-state index >= 15 is 0 Å². The van der Waals surface area contributed by atoms with E-state index in [0.29, 0.717) is 19.4 Å². The standard InChI is InChI=1S/C11H17NO3/c1-15-10(14)11-5-3-2-4-7-12(8-6-11)9(11)13/h2-8H2,1H3/t11-/m0/s1. The summed E-state index contributed by atoms with van der Waals surface area (Å²) in [4.78, 5) is 25.7. The molecule has 1 atom stereocenters. The average Bonchev–Trinajstić information content (AvgIpc) is 2.61. The molecule has 84 valence electrons. The number of nitrogens with zero attached hydrogens (tertiary/aromatic N) is 1. The molecule has 2 aliphatic rings. The van der Waals surface area contributed by atoms with E-state index in [2.05, 4.69) is 0 Å². The number of methoxy groups -OCH3 is 1. The quantitative estimate of drug-likeness (QED) is 0.479. The highest BCUT2D eigenvalue weighted by Gasteiger charge is 2.53. The molecule has 2 rings (SSSR count). The second-order valence-corrected chi connectivity index (χ2v) is 4.43. The number of fused-ring (bicyclic) bond motifs is 2. The maximum absolute atomic E-state index is 12.1. The summed E-state index contributed by atoms with van der Waals surface area (Å²) in [6, 6.07) is 0. The second-order valence-electron chi connectivity index (χ2n) is 4.43. The van der Waals surface area contributed by atoms with Crippen LogP contribution >= 0.6 is 0 Å². The van der Waals surface area contributed by atoms with Gasteiger partial charge in [-0.3, -0.25) is 9.59 Å². The lowest BCUT2D eigenvalue weighted by atomic mass is 9.80. The van der Waals surface area contributed by atoms with Crippen molar-refractivity contribution >= 4 is 11.9 Å². The van der Waals surface area contributed by atoms with Crippen molar-refractivity contribution in [1.82, 2.24) is 4.90 Å². The monoisotopic (exact) mass is 211 g/mol. The fourth-order valence-electron chi connectivity index (χ4n) is 2.68. The van der Waals surface area contributed by atoms with E-state index in [9.17, 15) is 9.59 Å². The van der Waals surface area contributed by atoms with Crippen molar-refractivity contribution < 1.29 is 14.3 Å². The summed E-state index contributed by atoms with van der Waals surface area (Å²) in [7, 11) is 1.37. The number of rotatable bonds is 1. The molecule has 2 saturated heterocycles. The number of carbonyl (C=O) groups excluding carboxylic acids is 2. The topological polar surface area (TPSA) is 46.6 Å². The Morgan fingerprint density at radius 2 is 2.07 bits per heavy atom. The van der Waals surface area contributed by atoms with Crippen LogP contribution < -0.4 is 0 Å². The number of hydrogen-bond donors (Lipinski definition) is 0. The minimum atomic E-state index is -0.838. The van der Waals surface area contributed by atoms with Gasteiger partial charge >= 0.3 is 5.97 Å². The van der Waals surface area contributed by atoms with Gasteiger partial charge in [-0.2, -0.15) is 0 Å². The fourth-order valence-corrected chi connectivity index (χ4v) is 2.68. The molecule has 4 heteroatoms. The molecule has 0 aromatic rings. The predicted octanol–water partition coefficient (Wildman–Crippen LogP) is 0.952. The van der Waals surface area contributed by atoms with E-state index in [0.717, 1.165) is 25.8 Å². The third-order valence-corrected chi connectivity index (χ3v) is 3.61. The van der Waals surface area contributed by atoms with Gasteiger partial charge in [0.15, 0.2) is 0 Å². The average molecular weight is 211 g/mol. The van der Waals surface area contributed by atoms with Crippen molar-refractivity contribution in [1.29, 1.82) is 0 Å². The normalized spacial score (nSPS) is 31.0. The van der Waals surface area contributed by atoms with Gasteiger partial charge in [0.1, 0.15) is 5.41 Å². The SMILES string of the molecule is COC(=O)[C@@]12CCCCCN(CC1)C2=O. The van der Waals surface area contributed by atoms with E-state index in [1.807, 2.05) is 4.90 Å². The molecule has 0 saturated carbocycles. The van der Waals surface area contributed by atoms with Crippen LogP contribution in [0.2, 0.25) is 0 Å². The lowest BCUT2D eigenvalue weighted by Crippen LogP contribution is -2.42. The molecule has 15 heavy (non-hydrogen) atoms. The van der Waals surface area contributed by atoms with Crippen molar-refractivity contribution in [2.75, 3.05) is 20.2 Å². The summed E-state index contributed by atoms with van der Waals surface area (Å²) in [5.74, 6) is -0.342. The van der Waals surface area contributed by atoms with Gasteiger partial charge in [-0.15, -0.1) is 0 Å². The number of hydrogen-bond acceptors (Lipinski definition) is 3. The molecule has 0 spiro atoms. The molecule has 2 bridgehead atoms. The zero-order valence-electron chi connectivity index (χ0n) is 9.12. The third-order valence-electron chi connectivity index (χ3n) is 3.61. The molecule has 0 aliphatic carbocycles. The Labute approximate surface area is 89.6 Å². The highest BCUT2D eigenvalue weighted by molar-refractivity contribution is 6.04. The number of ether oxygens (including phenoxy) is 1. The van der Waals surface area contributed by atoms with E-state index in [1.165, 1.54) is 7.11 Å². The molecule has 0 radical (unpaired) electrons. The zero-order chi connectivity index (χ0) is 10.9. The van der Waals surface area contributed by atoms with Gasteiger partial charge in [0.25, 0.3) is 0 Å². The van der Waals surface area contributed by atoms with Crippen molar-refractivity contribution in [3.63, 3.8) is 0 Å². The highest BCUT2D eigenvalue weighted by atomic mass is 16.5. The van der Waals surface area contributed by atoms with E-state index in [-0.39, 0.29) is 11.9 Å². The Morgan fingerprint density at radius 1 is 1.27 bits per heavy atom. The Morgan fingerprint density at radius 3 is 2.80 bits per heavy atom. The second kappa shape index (κ2) is 3.83. The summed E-state index contributed by atoms with van der Waals surface area (Å²) in [5, 5.41) is 0. The maximum atomic E-state index is 12.1. The fraction of sp³-hybridized carbons (Fsp3) is 0.818. The van der Waals surface area contributed by atoms with E-state index in [4.69, 9.17) is 4.74 Å². The van der Waals surface area contributed by atoms with Gasteiger partial charge < -0.3 is 9.64 Å². The van der Waals surface area contributed by atoms with Crippen LogP contribution in [0.5, 0.6) is 0 Å². The summed E-state index contributed by atoms with van der Waals surface area (Å²) >= 11 is 0. The van der Waals surface area contributed by atoms with Gasteiger partial charge in [0, 0.05) is 13.1 Å². The number of esters is 1. The number of amides is 1. The van der Waals surface area contributed by atoms with Crippen LogP contribution in [0.4, 0.5) is 0 Å². The first kappa shape index (κ1) is 10.5. The Kier molecular flexibility index (Phi) is 2.67. The van der Waals surface area contributed by atoms with Gasteiger partial charge in [-0.1, -0.05) is 12.8 Å². The van der Waals surface area contributed by atoms with Crippen molar-refractivity contribution in [3.05, 3.63) is 0 Å². The summed E-state index contributed by atoms with van der Waals surface area (Å²) in [6.07, 6.45) is 4.41. The first-order valence-electron chi connectivity index (χ1n) is 5.58. The largest absolute Gasteiger partial charge is 0.468 e. The van der Waals surface area contributed by atoms with Crippen LogP contribution in [0.1, 0.15) is 32.1 Å².